The molecule has 0 bridgehead atoms. The smallest absolute Gasteiger partial charge is 0.254 e. The Bertz CT molecular complexity index is 1130. The molecule has 31 heavy (non-hydrogen) atoms. The normalized spacial score (nSPS) is 16.7. The Hall–Kier alpha value is -2.93. The predicted octanol–water partition coefficient (Wildman–Crippen LogP) is 3.26. The summed E-state index contributed by atoms with van der Waals surface area (Å²) in [6.07, 6.45) is 2.29. The molecule has 0 unspecified atom stereocenters. The van der Waals surface area contributed by atoms with Gasteiger partial charge in [0.05, 0.1) is 29.9 Å². The molecule has 1 saturated carbocycles. The van der Waals surface area contributed by atoms with Gasteiger partial charge in [-0.3, -0.25) is 9.48 Å². The minimum atomic E-state index is 0.0159. The lowest BCUT2D eigenvalue weighted by molar-refractivity contribution is 0.0786. The first-order chi connectivity index (χ1) is 15.0. The van der Waals surface area contributed by atoms with E-state index in [9.17, 15) is 4.79 Å². The first-order valence-corrected chi connectivity index (χ1v) is 11.0. The molecule has 0 N–H and O–H groups in total. The summed E-state index contributed by atoms with van der Waals surface area (Å²) in [5.74, 6) is 0.487. The summed E-state index contributed by atoms with van der Waals surface area (Å²) in [5, 5.41) is 5.40. The summed E-state index contributed by atoms with van der Waals surface area (Å²) in [6.45, 7) is 5.72. The Morgan fingerprint density at radius 3 is 2.71 bits per heavy atom. The fraction of sp³-hybridized carbons (Fsp3) is 0.458. The van der Waals surface area contributed by atoms with Crippen LogP contribution in [0.3, 0.4) is 0 Å². The minimum absolute atomic E-state index is 0.0159. The van der Waals surface area contributed by atoms with Crippen molar-refractivity contribution in [2.75, 3.05) is 38.3 Å². The van der Waals surface area contributed by atoms with E-state index in [1.165, 1.54) is 5.69 Å². The van der Waals surface area contributed by atoms with Gasteiger partial charge < -0.3 is 14.5 Å². The molecule has 1 saturated heterocycles. The summed E-state index contributed by atoms with van der Waals surface area (Å²) in [7, 11) is 3.78. The highest BCUT2D eigenvalue weighted by atomic mass is 16.5. The molecule has 7 nitrogen and oxygen atoms in total. The number of benzene rings is 1. The molecule has 1 aliphatic heterocycles. The van der Waals surface area contributed by atoms with Crippen LogP contribution in [-0.2, 0) is 18.3 Å². The molecule has 2 aromatic heterocycles. The van der Waals surface area contributed by atoms with E-state index in [1.807, 2.05) is 38.1 Å². The number of aryl methyl sites for hydroxylation is 2. The summed E-state index contributed by atoms with van der Waals surface area (Å²) in [6, 6.07) is 10.4. The van der Waals surface area contributed by atoms with E-state index in [1.54, 1.807) is 4.68 Å². The number of morpholine rings is 1. The van der Waals surface area contributed by atoms with Gasteiger partial charge in [-0.25, -0.2) is 4.98 Å². The van der Waals surface area contributed by atoms with E-state index in [0.29, 0.717) is 18.0 Å². The molecular weight excluding hydrogens is 390 g/mol. The highest BCUT2D eigenvalue weighted by Gasteiger charge is 2.29. The molecule has 1 aliphatic carbocycles. The van der Waals surface area contributed by atoms with Gasteiger partial charge in [0.25, 0.3) is 5.91 Å². The van der Waals surface area contributed by atoms with Crippen molar-refractivity contribution in [2.24, 2.45) is 7.05 Å². The lowest BCUT2D eigenvalue weighted by Crippen LogP contribution is -2.37. The molecule has 1 amide bonds. The molecule has 1 aromatic carbocycles. The highest BCUT2D eigenvalue weighted by Crippen LogP contribution is 2.40. The Morgan fingerprint density at radius 2 is 1.97 bits per heavy atom. The van der Waals surface area contributed by atoms with Crippen LogP contribution in [0.4, 0.5) is 5.69 Å². The number of amides is 1. The van der Waals surface area contributed by atoms with Crippen molar-refractivity contribution in [3.05, 3.63) is 52.8 Å². The maximum absolute atomic E-state index is 13.6. The van der Waals surface area contributed by atoms with Gasteiger partial charge in [-0.15, -0.1) is 0 Å². The van der Waals surface area contributed by atoms with Gasteiger partial charge in [-0.1, -0.05) is 18.2 Å². The van der Waals surface area contributed by atoms with Gasteiger partial charge in [-0.05, 0) is 37.5 Å². The number of para-hydroxylation sites is 1. The van der Waals surface area contributed by atoms with Crippen LogP contribution in [-0.4, -0.2) is 58.9 Å². The lowest BCUT2D eigenvalue weighted by atomic mass is 10.1. The number of nitrogens with zero attached hydrogens (tertiary/aromatic N) is 5. The van der Waals surface area contributed by atoms with Gasteiger partial charge >= 0.3 is 0 Å². The first kappa shape index (κ1) is 20.0. The van der Waals surface area contributed by atoms with Crippen molar-refractivity contribution in [3.63, 3.8) is 0 Å². The molecule has 0 atom stereocenters. The fourth-order valence-electron chi connectivity index (χ4n) is 4.51. The van der Waals surface area contributed by atoms with E-state index >= 15 is 0 Å². The number of fused-ring (bicyclic) bond motifs is 1. The third-order valence-corrected chi connectivity index (χ3v) is 6.31. The van der Waals surface area contributed by atoms with E-state index < -0.39 is 0 Å². The molecule has 0 spiro atoms. The molecule has 7 heteroatoms. The number of carbonyl (C=O) groups is 1. The van der Waals surface area contributed by atoms with Crippen LogP contribution in [0, 0.1) is 6.92 Å². The Labute approximate surface area is 182 Å². The summed E-state index contributed by atoms with van der Waals surface area (Å²) >= 11 is 0. The second-order valence-electron chi connectivity index (χ2n) is 8.67. The van der Waals surface area contributed by atoms with Crippen LogP contribution in [0.1, 0.15) is 46.1 Å². The summed E-state index contributed by atoms with van der Waals surface area (Å²) in [4.78, 5) is 22.6. The average Bonchev–Trinajstić information content (AvgIpc) is 3.60. The van der Waals surface area contributed by atoms with Crippen molar-refractivity contribution >= 4 is 22.6 Å². The minimum Gasteiger partial charge on any atom is -0.378 e. The number of rotatable bonds is 5. The van der Waals surface area contributed by atoms with Crippen molar-refractivity contribution in [2.45, 2.75) is 32.2 Å². The molecule has 0 radical (unpaired) electrons. The predicted molar refractivity (Wildman–Crippen MR) is 120 cm³/mol. The molecule has 3 aromatic rings. The van der Waals surface area contributed by atoms with Crippen LogP contribution in [0.5, 0.6) is 0 Å². The number of hydrogen-bond acceptors (Lipinski definition) is 5. The molecular formula is C24H29N5O2. The van der Waals surface area contributed by atoms with E-state index in [2.05, 4.69) is 28.2 Å². The van der Waals surface area contributed by atoms with Gasteiger partial charge in [0.2, 0.25) is 0 Å². The molecule has 2 aliphatic rings. The Morgan fingerprint density at radius 1 is 1.23 bits per heavy atom. The van der Waals surface area contributed by atoms with Gasteiger partial charge in [0.15, 0.2) is 5.65 Å². The maximum atomic E-state index is 13.6. The van der Waals surface area contributed by atoms with Gasteiger partial charge in [0, 0.05) is 51.0 Å². The van der Waals surface area contributed by atoms with Crippen LogP contribution < -0.4 is 4.90 Å². The van der Waals surface area contributed by atoms with Crippen LogP contribution in [0.25, 0.3) is 11.0 Å². The number of anilines is 1. The van der Waals surface area contributed by atoms with Crippen LogP contribution in [0.15, 0.2) is 30.3 Å². The molecule has 5 rings (SSSR count). The summed E-state index contributed by atoms with van der Waals surface area (Å²) < 4.78 is 7.30. The van der Waals surface area contributed by atoms with E-state index in [0.717, 1.165) is 67.1 Å². The van der Waals surface area contributed by atoms with Crippen LogP contribution >= 0.6 is 0 Å². The van der Waals surface area contributed by atoms with Crippen molar-refractivity contribution in [1.29, 1.82) is 0 Å². The molecule has 162 valence electrons. The van der Waals surface area contributed by atoms with E-state index in [4.69, 9.17) is 9.72 Å². The highest BCUT2D eigenvalue weighted by molar-refractivity contribution is 6.06. The topological polar surface area (TPSA) is 63.5 Å². The quantitative estimate of drug-likeness (QED) is 0.635. The average molecular weight is 420 g/mol. The fourth-order valence-corrected chi connectivity index (χ4v) is 4.51. The van der Waals surface area contributed by atoms with Gasteiger partial charge in [-0.2, -0.15) is 5.10 Å². The standard InChI is InChI=1S/C24H29N5O2/c1-16-22-19(14-20(17-8-9-17)25-23(22)28(3)26-16)24(30)27(2)15-18-6-4-5-7-21(18)29-10-12-31-13-11-29/h4-7,14,17H,8-13,15H2,1-3H3. The number of pyridine rings is 1. The monoisotopic (exact) mass is 419 g/mol. The Kier molecular flexibility index (Phi) is 5.14. The van der Waals surface area contributed by atoms with Crippen LogP contribution in [0.2, 0.25) is 0 Å². The zero-order chi connectivity index (χ0) is 21.5. The van der Waals surface area contributed by atoms with Gasteiger partial charge in [0.1, 0.15) is 0 Å². The Balaban J connectivity index is 1.47. The summed E-state index contributed by atoms with van der Waals surface area (Å²) in [5.41, 5.74) is 5.70. The number of ether oxygens (including phenoxy) is 1. The zero-order valence-electron chi connectivity index (χ0n) is 18.5. The largest absolute Gasteiger partial charge is 0.378 e. The zero-order valence-corrected chi connectivity index (χ0v) is 18.5. The third-order valence-electron chi connectivity index (χ3n) is 6.31. The van der Waals surface area contributed by atoms with Crippen molar-refractivity contribution < 1.29 is 9.53 Å². The first-order valence-electron chi connectivity index (χ1n) is 11.0. The SMILES string of the molecule is Cc1nn(C)c2nc(C3CC3)cc(C(=O)N(C)Cc3ccccc3N3CCOCC3)c12. The number of hydrogen-bond donors (Lipinski definition) is 0. The lowest BCUT2D eigenvalue weighted by Gasteiger charge is -2.31. The molecule has 2 fully saturated rings. The number of carbonyl (C=O) groups excluding carboxylic acids is 1. The van der Waals surface area contributed by atoms with E-state index in [-0.39, 0.29) is 5.91 Å². The third kappa shape index (κ3) is 3.78. The maximum Gasteiger partial charge on any atom is 0.254 e. The van der Waals surface area contributed by atoms with Crippen molar-refractivity contribution in [3.8, 4) is 0 Å². The number of aromatic nitrogens is 3. The molecule has 3 heterocycles. The van der Waals surface area contributed by atoms with Crippen molar-refractivity contribution in [1.82, 2.24) is 19.7 Å². The second-order valence-corrected chi connectivity index (χ2v) is 8.67. The second kappa shape index (κ2) is 7.96.